The van der Waals surface area contributed by atoms with Gasteiger partial charge in [-0.15, -0.1) is 0 Å². The zero-order valence-corrected chi connectivity index (χ0v) is 12.0. The van der Waals surface area contributed by atoms with E-state index in [2.05, 4.69) is 18.8 Å². The molecule has 1 amide bonds. The molecular weight excluding hydrogens is 250 g/mol. The Morgan fingerprint density at radius 2 is 2.06 bits per heavy atom. The van der Waals surface area contributed by atoms with Gasteiger partial charge in [-0.2, -0.15) is 0 Å². The highest BCUT2D eigenvalue weighted by atomic mass is 35.5. The molecular formula is C13H20ClN3O. The van der Waals surface area contributed by atoms with Crippen molar-refractivity contribution in [3.8, 4) is 0 Å². The van der Waals surface area contributed by atoms with Gasteiger partial charge in [0.1, 0.15) is 11.5 Å². The number of rotatable bonds is 4. The van der Waals surface area contributed by atoms with Crippen LogP contribution in [0, 0.1) is 5.92 Å². The standard InChI is InChI=1S/C13H20ClN3O/c1-8(2)7-9(3)17(4)13(18)12-10(14)5-6-11(15)16-12/h5-6,8-9H,7H2,1-4H3,(H2,15,16). The van der Waals surface area contributed by atoms with Gasteiger partial charge in [-0.3, -0.25) is 4.79 Å². The first-order valence-corrected chi connectivity index (χ1v) is 6.40. The number of halogens is 1. The van der Waals surface area contributed by atoms with E-state index < -0.39 is 0 Å². The summed E-state index contributed by atoms with van der Waals surface area (Å²) in [6.45, 7) is 6.26. The van der Waals surface area contributed by atoms with Crippen molar-refractivity contribution in [3.63, 3.8) is 0 Å². The Labute approximate surface area is 113 Å². The summed E-state index contributed by atoms with van der Waals surface area (Å²) >= 11 is 5.98. The molecule has 0 aliphatic rings. The second kappa shape index (κ2) is 6.05. The first-order chi connectivity index (χ1) is 8.32. The third kappa shape index (κ3) is 3.60. The second-order valence-electron chi connectivity index (χ2n) is 4.96. The minimum Gasteiger partial charge on any atom is -0.384 e. The van der Waals surface area contributed by atoms with E-state index in [-0.39, 0.29) is 17.6 Å². The molecule has 1 aromatic heterocycles. The van der Waals surface area contributed by atoms with Crippen molar-refractivity contribution in [1.82, 2.24) is 9.88 Å². The van der Waals surface area contributed by atoms with E-state index >= 15 is 0 Å². The topological polar surface area (TPSA) is 59.2 Å². The van der Waals surface area contributed by atoms with Crippen molar-refractivity contribution in [2.24, 2.45) is 5.92 Å². The van der Waals surface area contributed by atoms with Gasteiger partial charge in [0.2, 0.25) is 0 Å². The summed E-state index contributed by atoms with van der Waals surface area (Å²) in [5, 5.41) is 0.331. The number of anilines is 1. The maximum Gasteiger partial charge on any atom is 0.274 e. The van der Waals surface area contributed by atoms with Crippen LogP contribution in [-0.2, 0) is 0 Å². The van der Waals surface area contributed by atoms with Gasteiger partial charge in [0.15, 0.2) is 0 Å². The fraction of sp³-hybridized carbons (Fsp3) is 0.538. The average molecular weight is 270 g/mol. The lowest BCUT2D eigenvalue weighted by atomic mass is 10.0. The molecule has 18 heavy (non-hydrogen) atoms. The predicted octanol–water partition coefficient (Wildman–Crippen LogP) is 2.82. The Bertz CT molecular complexity index is 434. The maximum atomic E-state index is 12.3. The molecule has 0 aliphatic heterocycles. The molecule has 0 spiro atoms. The average Bonchev–Trinajstić information content (AvgIpc) is 2.29. The van der Waals surface area contributed by atoms with E-state index in [1.165, 1.54) is 0 Å². The molecule has 1 heterocycles. The Balaban J connectivity index is 2.89. The van der Waals surface area contributed by atoms with E-state index in [1.807, 2.05) is 6.92 Å². The van der Waals surface area contributed by atoms with Gasteiger partial charge >= 0.3 is 0 Å². The van der Waals surface area contributed by atoms with Crippen LogP contribution >= 0.6 is 11.6 Å². The van der Waals surface area contributed by atoms with Crippen LogP contribution in [0.15, 0.2) is 12.1 Å². The number of nitrogens with zero attached hydrogens (tertiary/aromatic N) is 2. The minimum atomic E-state index is -0.194. The van der Waals surface area contributed by atoms with Gasteiger partial charge in [0.25, 0.3) is 5.91 Å². The van der Waals surface area contributed by atoms with Crippen LogP contribution in [-0.4, -0.2) is 28.9 Å². The van der Waals surface area contributed by atoms with Crippen LogP contribution in [0.25, 0.3) is 0 Å². The van der Waals surface area contributed by atoms with Gasteiger partial charge in [0.05, 0.1) is 5.02 Å². The Kier molecular flexibility index (Phi) is 4.96. The summed E-state index contributed by atoms with van der Waals surface area (Å²) in [6.07, 6.45) is 0.933. The number of amides is 1. The van der Waals surface area contributed by atoms with Gasteiger partial charge in [-0.25, -0.2) is 4.98 Å². The predicted molar refractivity (Wildman–Crippen MR) is 74.7 cm³/mol. The molecule has 100 valence electrons. The number of hydrogen-bond acceptors (Lipinski definition) is 3. The van der Waals surface area contributed by atoms with E-state index in [0.717, 1.165) is 6.42 Å². The van der Waals surface area contributed by atoms with E-state index in [1.54, 1.807) is 24.1 Å². The summed E-state index contributed by atoms with van der Waals surface area (Å²) in [6, 6.07) is 3.31. The summed E-state index contributed by atoms with van der Waals surface area (Å²) in [5.74, 6) is 0.632. The molecule has 0 saturated heterocycles. The van der Waals surface area contributed by atoms with Crippen LogP contribution in [0.3, 0.4) is 0 Å². The summed E-state index contributed by atoms with van der Waals surface area (Å²) < 4.78 is 0. The number of pyridine rings is 1. The van der Waals surface area contributed by atoms with Crippen LogP contribution in [0.4, 0.5) is 5.82 Å². The fourth-order valence-corrected chi connectivity index (χ4v) is 2.00. The van der Waals surface area contributed by atoms with Crippen LogP contribution in [0.1, 0.15) is 37.7 Å². The molecule has 4 nitrogen and oxygen atoms in total. The monoisotopic (exact) mass is 269 g/mol. The van der Waals surface area contributed by atoms with Crippen molar-refractivity contribution in [1.29, 1.82) is 0 Å². The Morgan fingerprint density at radius 3 is 2.61 bits per heavy atom. The highest BCUT2D eigenvalue weighted by Gasteiger charge is 2.21. The lowest BCUT2D eigenvalue weighted by Gasteiger charge is -2.26. The van der Waals surface area contributed by atoms with E-state index in [4.69, 9.17) is 17.3 Å². The molecule has 5 heteroatoms. The molecule has 1 aromatic rings. The smallest absolute Gasteiger partial charge is 0.274 e. The molecule has 0 saturated carbocycles. The quantitative estimate of drug-likeness (QED) is 0.914. The molecule has 1 atom stereocenters. The van der Waals surface area contributed by atoms with Crippen molar-refractivity contribution in [2.45, 2.75) is 33.2 Å². The number of aromatic nitrogens is 1. The summed E-state index contributed by atoms with van der Waals surface area (Å²) in [5.41, 5.74) is 5.80. The van der Waals surface area contributed by atoms with Crippen LogP contribution in [0.5, 0.6) is 0 Å². The highest BCUT2D eigenvalue weighted by molar-refractivity contribution is 6.33. The molecule has 0 radical (unpaired) electrons. The molecule has 1 rings (SSSR count). The van der Waals surface area contributed by atoms with E-state index in [9.17, 15) is 4.79 Å². The summed E-state index contributed by atoms with van der Waals surface area (Å²) in [7, 11) is 1.76. The lowest BCUT2D eigenvalue weighted by molar-refractivity contribution is 0.0722. The van der Waals surface area contributed by atoms with Gasteiger partial charge in [-0.05, 0) is 31.4 Å². The molecule has 1 unspecified atom stereocenters. The van der Waals surface area contributed by atoms with Gasteiger partial charge in [0, 0.05) is 13.1 Å². The number of nitrogens with two attached hydrogens (primary N) is 1. The maximum absolute atomic E-state index is 12.3. The largest absolute Gasteiger partial charge is 0.384 e. The van der Waals surface area contributed by atoms with Crippen molar-refractivity contribution < 1.29 is 4.79 Å². The zero-order valence-electron chi connectivity index (χ0n) is 11.3. The normalized spacial score (nSPS) is 12.6. The number of carbonyl (C=O) groups excluding carboxylic acids is 1. The lowest BCUT2D eigenvalue weighted by Crippen LogP contribution is -2.36. The Morgan fingerprint density at radius 1 is 1.44 bits per heavy atom. The van der Waals surface area contributed by atoms with Gasteiger partial charge < -0.3 is 10.6 Å². The number of nitrogen functional groups attached to an aromatic ring is 1. The second-order valence-corrected chi connectivity index (χ2v) is 5.37. The summed E-state index contributed by atoms with van der Waals surface area (Å²) in [4.78, 5) is 17.9. The van der Waals surface area contributed by atoms with Crippen LogP contribution in [0.2, 0.25) is 5.02 Å². The van der Waals surface area contributed by atoms with Crippen molar-refractivity contribution in [2.75, 3.05) is 12.8 Å². The first kappa shape index (κ1) is 14.8. The van der Waals surface area contributed by atoms with E-state index in [0.29, 0.717) is 16.8 Å². The SMILES string of the molecule is CC(C)CC(C)N(C)C(=O)c1nc(N)ccc1Cl. The fourth-order valence-electron chi connectivity index (χ4n) is 1.81. The number of carbonyl (C=O) groups is 1. The third-order valence-corrected chi connectivity index (χ3v) is 3.17. The molecule has 0 aliphatic carbocycles. The number of hydrogen-bond donors (Lipinski definition) is 1. The van der Waals surface area contributed by atoms with Crippen molar-refractivity contribution in [3.05, 3.63) is 22.8 Å². The van der Waals surface area contributed by atoms with Crippen molar-refractivity contribution >= 4 is 23.3 Å². The molecule has 2 N–H and O–H groups in total. The van der Waals surface area contributed by atoms with Gasteiger partial charge in [-0.1, -0.05) is 25.4 Å². The van der Waals surface area contributed by atoms with Crippen LogP contribution < -0.4 is 5.73 Å². The molecule has 0 bridgehead atoms. The molecule has 0 fully saturated rings. The first-order valence-electron chi connectivity index (χ1n) is 6.02. The Hall–Kier alpha value is -1.29. The molecule has 0 aromatic carbocycles. The zero-order chi connectivity index (χ0) is 13.9. The minimum absolute atomic E-state index is 0.136. The highest BCUT2D eigenvalue weighted by Crippen LogP contribution is 2.19. The third-order valence-electron chi connectivity index (χ3n) is 2.86.